The molecule has 0 aromatic rings. The van der Waals surface area contributed by atoms with E-state index >= 15 is 0 Å². The molecule has 0 aliphatic heterocycles. The van der Waals surface area contributed by atoms with E-state index in [9.17, 15) is 24.0 Å². The molecule has 1 fully saturated rings. The van der Waals surface area contributed by atoms with Crippen molar-refractivity contribution in [2.24, 2.45) is 11.7 Å². The molecule has 28 heavy (non-hydrogen) atoms. The van der Waals surface area contributed by atoms with E-state index < -0.39 is 60.6 Å². The Morgan fingerprint density at radius 2 is 1.61 bits per heavy atom. The molecule has 1 aliphatic rings. The molecule has 0 heterocycles. The van der Waals surface area contributed by atoms with Crippen molar-refractivity contribution in [3.05, 3.63) is 12.7 Å². The normalized spacial score (nSPS) is 24.7. The first-order valence-corrected chi connectivity index (χ1v) is 8.27. The summed E-state index contributed by atoms with van der Waals surface area (Å²) < 4.78 is 0. The minimum Gasteiger partial charge on any atom is -0.480 e. The Bertz CT molecular complexity index is 650. The zero-order valence-corrected chi connectivity index (χ0v) is 14.9. The maximum absolute atomic E-state index is 12.0. The second-order valence-corrected chi connectivity index (χ2v) is 6.54. The van der Waals surface area contributed by atoms with Crippen LogP contribution in [0.25, 0.3) is 0 Å². The van der Waals surface area contributed by atoms with Crippen molar-refractivity contribution >= 4 is 29.7 Å². The number of hydrogen-bond acceptors (Lipinski definition) is 8. The zero-order chi connectivity index (χ0) is 21.6. The third-order valence-electron chi connectivity index (χ3n) is 4.72. The smallest absolute Gasteiger partial charge is 0.332 e. The van der Waals surface area contributed by atoms with Gasteiger partial charge in [0, 0.05) is 12.0 Å². The molecule has 0 aromatic heterocycles. The lowest BCUT2D eigenvalue weighted by Gasteiger charge is -2.50. The molecule has 12 heteroatoms. The van der Waals surface area contributed by atoms with Gasteiger partial charge in [0.15, 0.2) is 5.78 Å². The van der Waals surface area contributed by atoms with Gasteiger partial charge in [0.2, 0.25) is 6.04 Å². The molecule has 1 aliphatic carbocycles. The number of carboxylic acids is 4. The summed E-state index contributed by atoms with van der Waals surface area (Å²) in [5.74, 6) is -7.18. The Hall–Kier alpha value is -2.83. The largest absolute Gasteiger partial charge is 0.480 e. The molecule has 3 unspecified atom stereocenters. The fourth-order valence-electron chi connectivity index (χ4n) is 3.33. The second-order valence-electron chi connectivity index (χ2n) is 6.54. The summed E-state index contributed by atoms with van der Waals surface area (Å²) >= 11 is 0. The molecule has 0 saturated heterocycles. The number of nitrogens with zero attached hydrogens (tertiary/aromatic N) is 1. The number of rotatable bonds is 11. The lowest BCUT2D eigenvalue weighted by atomic mass is 9.75. The van der Waals surface area contributed by atoms with E-state index in [1.165, 1.54) is 0 Å². The standard InChI is InChI=1S/C16H23N3O9/c1-2-9(20)8-3-4-16(17,19(6-11(21)22)7-12(23)24)10(5-8)18-13(14(25)26)15(27)28/h2,8,10,13,18H,1,3-7,17H2,(H,21,22)(H,23,24)(H,25,26)(H,27,28). The molecule has 0 spiro atoms. The van der Waals surface area contributed by atoms with Crippen molar-refractivity contribution in [3.8, 4) is 0 Å². The van der Waals surface area contributed by atoms with Gasteiger partial charge >= 0.3 is 23.9 Å². The van der Waals surface area contributed by atoms with Gasteiger partial charge in [-0.25, -0.2) is 9.59 Å². The summed E-state index contributed by atoms with van der Waals surface area (Å²) in [7, 11) is 0. The number of carbonyl (C=O) groups is 5. The number of nitrogens with two attached hydrogens (primary N) is 1. The lowest BCUT2D eigenvalue weighted by Crippen LogP contribution is -2.72. The highest BCUT2D eigenvalue weighted by Crippen LogP contribution is 2.34. The summed E-state index contributed by atoms with van der Waals surface area (Å²) in [6.07, 6.45) is 1.05. The number of carbonyl (C=O) groups excluding carboxylic acids is 1. The maximum Gasteiger partial charge on any atom is 0.332 e. The average Bonchev–Trinajstić information content (AvgIpc) is 2.58. The number of aliphatic carboxylic acids is 4. The van der Waals surface area contributed by atoms with E-state index in [0.29, 0.717) is 0 Å². The summed E-state index contributed by atoms with van der Waals surface area (Å²) in [6.45, 7) is 1.83. The van der Waals surface area contributed by atoms with Crippen molar-refractivity contribution in [2.45, 2.75) is 37.0 Å². The van der Waals surface area contributed by atoms with Gasteiger partial charge in [0.25, 0.3) is 0 Å². The van der Waals surface area contributed by atoms with Crippen molar-refractivity contribution in [1.29, 1.82) is 0 Å². The fraction of sp³-hybridized carbons (Fsp3) is 0.562. The van der Waals surface area contributed by atoms with Gasteiger partial charge < -0.3 is 26.2 Å². The van der Waals surface area contributed by atoms with Crippen molar-refractivity contribution in [1.82, 2.24) is 10.2 Å². The lowest BCUT2D eigenvalue weighted by molar-refractivity contribution is -0.155. The van der Waals surface area contributed by atoms with Crippen molar-refractivity contribution in [2.75, 3.05) is 13.1 Å². The zero-order valence-electron chi connectivity index (χ0n) is 14.9. The van der Waals surface area contributed by atoms with E-state index in [-0.39, 0.29) is 25.0 Å². The van der Waals surface area contributed by atoms with Crippen LogP contribution in [0.5, 0.6) is 0 Å². The number of hydrogen-bond donors (Lipinski definition) is 6. The summed E-state index contributed by atoms with van der Waals surface area (Å²) in [5, 5.41) is 38.8. The Kier molecular flexibility index (Phi) is 7.78. The fourth-order valence-corrected chi connectivity index (χ4v) is 3.33. The summed E-state index contributed by atoms with van der Waals surface area (Å²) in [5.41, 5.74) is 4.60. The number of nitrogens with one attached hydrogen (secondary N) is 1. The van der Waals surface area contributed by atoms with Crippen LogP contribution in [0.3, 0.4) is 0 Å². The Labute approximate surface area is 159 Å². The SMILES string of the molecule is C=CC(=O)C1CCC(N)(N(CC(=O)O)CC(=O)O)C(NC(C(=O)O)C(=O)O)C1. The van der Waals surface area contributed by atoms with Gasteiger partial charge in [0.1, 0.15) is 0 Å². The quantitative estimate of drug-likeness (QED) is 0.128. The van der Waals surface area contributed by atoms with Crippen molar-refractivity contribution < 1.29 is 44.4 Å². The van der Waals surface area contributed by atoms with Crippen LogP contribution in [0.15, 0.2) is 12.7 Å². The third-order valence-corrected chi connectivity index (χ3v) is 4.72. The van der Waals surface area contributed by atoms with Crippen LogP contribution in [0.1, 0.15) is 19.3 Å². The molecule has 0 aromatic carbocycles. The minimum atomic E-state index is -2.08. The molecule has 1 saturated carbocycles. The molecule has 12 nitrogen and oxygen atoms in total. The van der Waals surface area contributed by atoms with E-state index in [1.54, 1.807) is 0 Å². The van der Waals surface area contributed by atoms with Gasteiger partial charge in [-0.2, -0.15) is 0 Å². The van der Waals surface area contributed by atoms with Gasteiger partial charge in [-0.05, 0) is 25.3 Å². The highest BCUT2D eigenvalue weighted by molar-refractivity contribution is 5.97. The first-order chi connectivity index (χ1) is 12.9. The molecule has 0 amide bonds. The number of allylic oxidation sites excluding steroid dienone is 1. The van der Waals surface area contributed by atoms with Crippen LogP contribution in [-0.2, 0) is 24.0 Å². The molecule has 1 rings (SSSR count). The Morgan fingerprint density at radius 1 is 1.11 bits per heavy atom. The summed E-state index contributed by atoms with van der Waals surface area (Å²) in [6, 6.07) is -3.27. The third kappa shape index (κ3) is 5.58. The highest BCUT2D eigenvalue weighted by Gasteiger charge is 2.49. The molecule has 7 N–H and O–H groups in total. The summed E-state index contributed by atoms with van der Waals surface area (Å²) in [4.78, 5) is 57.8. The van der Waals surface area contributed by atoms with E-state index in [0.717, 1.165) is 11.0 Å². The van der Waals surface area contributed by atoms with Crippen LogP contribution in [0.2, 0.25) is 0 Å². The Morgan fingerprint density at radius 3 is 2.00 bits per heavy atom. The van der Waals surface area contributed by atoms with Crippen LogP contribution >= 0.6 is 0 Å². The topological polar surface area (TPSA) is 208 Å². The van der Waals surface area contributed by atoms with Crippen LogP contribution < -0.4 is 11.1 Å². The predicted octanol–water partition coefficient (Wildman–Crippen LogP) is -1.84. The molecule has 0 radical (unpaired) electrons. The molecule has 156 valence electrons. The maximum atomic E-state index is 12.0. The van der Waals surface area contributed by atoms with Crippen LogP contribution in [-0.4, -0.2) is 85.8 Å². The Balaban J connectivity index is 3.31. The number of carboxylic acid groups (broad SMARTS) is 4. The number of ketones is 1. The minimum absolute atomic E-state index is 0.0680. The average molecular weight is 401 g/mol. The second kappa shape index (κ2) is 9.39. The van der Waals surface area contributed by atoms with Crippen LogP contribution in [0.4, 0.5) is 0 Å². The van der Waals surface area contributed by atoms with Gasteiger partial charge in [0.05, 0.1) is 18.8 Å². The molecular weight excluding hydrogens is 378 g/mol. The van der Waals surface area contributed by atoms with Gasteiger partial charge in [-0.1, -0.05) is 6.58 Å². The van der Waals surface area contributed by atoms with Gasteiger partial charge in [-0.3, -0.25) is 24.6 Å². The van der Waals surface area contributed by atoms with Gasteiger partial charge in [-0.15, -0.1) is 0 Å². The predicted molar refractivity (Wildman–Crippen MR) is 92.3 cm³/mol. The molecule has 0 bridgehead atoms. The van der Waals surface area contributed by atoms with Crippen LogP contribution in [0, 0.1) is 5.92 Å². The molecular formula is C16H23N3O9. The first kappa shape index (κ1) is 23.2. The molecule has 3 atom stereocenters. The van der Waals surface area contributed by atoms with Crippen molar-refractivity contribution in [3.63, 3.8) is 0 Å². The monoisotopic (exact) mass is 401 g/mol. The van der Waals surface area contributed by atoms with E-state index in [4.69, 9.17) is 26.2 Å². The first-order valence-electron chi connectivity index (χ1n) is 8.27. The van der Waals surface area contributed by atoms with E-state index in [2.05, 4.69) is 11.9 Å². The van der Waals surface area contributed by atoms with E-state index in [1.807, 2.05) is 0 Å². The highest BCUT2D eigenvalue weighted by atomic mass is 16.4.